The molecule has 0 radical (unpaired) electrons. The van der Waals surface area contributed by atoms with Gasteiger partial charge in [0.1, 0.15) is 11.3 Å². The molecule has 3 unspecified atom stereocenters. The van der Waals surface area contributed by atoms with Crippen molar-refractivity contribution in [3.8, 4) is 0 Å². The van der Waals surface area contributed by atoms with Crippen LogP contribution in [-0.4, -0.2) is 22.3 Å². The number of fused-ring (bicyclic) bond motifs is 1. The van der Waals surface area contributed by atoms with E-state index in [0.29, 0.717) is 0 Å². The van der Waals surface area contributed by atoms with E-state index in [1.807, 2.05) is 31.2 Å². The Hall–Kier alpha value is -1.13. The Morgan fingerprint density at radius 2 is 2.06 bits per heavy atom. The molecule has 0 fully saturated rings. The summed E-state index contributed by atoms with van der Waals surface area (Å²) in [5.41, 5.74) is 0.910. The largest absolute Gasteiger partial charge is 0.459 e. The van der Waals surface area contributed by atoms with Crippen LogP contribution in [0.4, 0.5) is 0 Å². The molecule has 4 heteroatoms. The fraction of sp³-hybridized carbons (Fsp3) is 0.429. The van der Waals surface area contributed by atoms with Crippen molar-refractivity contribution < 1.29 is 8.63 Å². The lowest BCUT2D eigenvalue weighted by atomic mass is 10.2. The van der Waals surface area contributed by atoms with Crippen LogP contribution in [0.25, 0.3) is 11.0 Å². The van der Waals surface area contributed by atoms with Gasteiger partial charge < -0.3 is 9.73 Å². The molecule has 1 heterocycles. The Morgan fingerprint density at radius 1 is 1.33 bits per heavy atom. The van der Waals surface area contributed by atoms with Gasteiger partial charge in [0, 0.05) is 34.2 Å². The van der Waals surface area contributed by atoms with Crippen molar-refractivity contribution in [1.29, 1.82) is 0 Å². The lowest BCUT2D eigenvalue weighted by molar-refractivity contribution is 0.452. The first-order valence-corrected chi connectivity index (χ1v) is 7.74. The topological polar surface area (TPSA) is 42.2 Å². The van der Waals surface area contributed by atoms with Gasteiger partial charge in [0.05, 0.1) is 6.04 Å². The monoisotopic (exact) mass is 265 g/mol. The van der Waals surface area contributed by atoms with Crippen LogP contribution in [0.2, 0.25) is 0 Å². The maximum absolute atomic E-state index is 11.3. The summed E-state index contributed by atoms with van der Waals surface area (Å²) in [6.45, 7) is 4.76. The molecule has 18 heavy (non-hydrogen) atoms. The third kappa shape index (κ3) is 3.00. The summed E-state index contributed by atoms with van der Waals surface area (Å²) in [6, 6.07) is 10.2. The maximum atomic E-state index is 11.3. The van der Waals surface area contributed by atoms with E-state index in [1.165, 1.54) is 0 Å². The number of nitrogens with one attached hydrogen (secondary N) is 1. The van der Waals surface area contributed by atoms with E-state index in [9.17, 15) is 4.21 Å². The first-order valence-electron chi connectivity index (χ1n) is 6.12. The molecule has 0 spiro atoms. The Kier molecular flexibility index (Phi) is 4.19. The van der Waals surface area contributed by atoms with Crippen molar-refractivity contribution in [3.63, 3.8) is 0 Å². The van der Waals surface area contributed by atoms with Gasteiger partial charge in [-0.25, -0.2) is 0 Å². The van der Waals surface area contributed by atoms with Gasteiger partial charge in [0.2, 0.25) is 0 Å². The summed E-state index contributed by atoms with van der Waals surface area (Å²) in [4.78, 5) is 0. The van der Waals surface area contributed by atoms with Crippen LogP contribution in [0, 0.1) is 0 Å². The molecule has 2 rings (SSSR count). The molecular formula is C14H19NO2S. The molecule has 1 aromatic heterocycles. The summed E-state index contributed by atoms with van der Waals surface area (Å²) in [6.07, 6.45) is 1.73. The first kappa shape index (κ1) is 13.3. The van der Waals surface area contributed by atoms with Crippen molar-refractivity contribution in [2.24, 2.45) is 0 Å². The van der Waals surface area contributed by atoms with Crippen molar-refractivity contribution in [2.75, 3.05) is 12.8 Å². The zero-order valence-electron chi connectivity index (χ0n) is 11.0. The fourth-order valence-corrected chi connectivity index (χ4v) is 2.11. The van der Waals surface area contributed by atoms with E-state index in [2.05, 4.69) is 18.3 Å². The summed E-state index contributed by atoms with van der Waals surface area (Å²) in [5, 5.41) is 4.62. The van der Waals surface area contributed by atoms with Gasteiger partial charge in [-0.2, -0.15) is 0 Å². The molecular weight excluding hydrogens is 246 g/mol. The van der Waals surface area contributed by atoms with E-state index in [1.54, 1.807) is 6.26 Å². The first-order chi connectivity index (χ1) is 8.58. The number of rotatable bonds is 5. The summed E-state index contributed by atoms with van der Waals surface area (Å²) in [5.74, 6) is 0.922. The predicted molar refractivity (Wildman–Crippen MR) is 76.2 cm³/mol. The van der Waals surface area contributed by atoms with Gasteiger partial charge in [-0.1, -0.05) is 18.2 Å². The Bertz CT molecular complexity index is 516. The van der Waals surface area contributed by atoms with Crippen LogP contribution < -0.4 is 5.32 Å². The Balaban J connectivity index is 2.04. The summed E-state index contributed by atoms with van der Waals surface area (Å²) < 4.78 is 17.1. The molecule has 0 saturated heterocycles. The van der Waals surface area contributed by atoms with E-state index in [4.69, 9.17) is 4.42 Å². The standard InChI is InChI=1S/C14H19NO2S/c1-10(18(3)16)9-15-11(2)14-8-12-6-4-5-7-13(12)17-14/h4-8,10-11,15H,9H2,1-3H3. The molecule has 0 aliphatic carbocycles. The molecule has 0 aliphatic heterocycles. The molecule has 1 N–H and O–H groups in total. The highest BCUT2D eigenvalue weighted by Gasteiger charge is 2.13. The van der Waals surface area contributed by atoms with Crippen LogP contribution in [-0.2, 0) is 10.8 Å². The van der Waals surface area contributed by atoms with Crippen molar-refractivity contribution in [3.05, 3.63) is 36.1 Å². The second-order valence-electron chi connectivity index (χ2n) is 4.63. The van der Waals surface area contributed by atoms with E-state index in [-0.39, 0.29) is 11.3 Å². The maximum Gasteiger partial charge on any atom is 0.134 e. The molecule has 2 aromatic rings. The molecule has 0 bridgehead atoms. The van der Waals surface area contributed by atoms with Gasteiger partial charge in [0.25, 0.3) is 0 Å². The van der Waals surface area contributed by atoms with Gasteiger partial charge in [0.15, 0.2) is 0 Å². The zero-order valence-corrected chi connectivity index (χ0v) is 11.8. The minimum absolute atomic E-state index is 0.128. The van der Waals surface area contributed by atoms with Crippen molar-refractivity contribution in [1.82, 2.24) is 5.32 Å². The fourth-order valence-electron chi connectivity index (χ4n) is 1.78. The lowest BCUT2D eigenvalue weighted by Crippen LogP contribution is -2.29. The SMILES string of the molecule is CC(NCC(C)S(C)=O)c1cc2ccccc2o1. The molecule has 3 nitrogen and oxygen atoms in total. The van der Waals surface area contributed by atoms with Crippen LogP contribution in [0.1, 0.15) is 25.6 Å². The second-order valence-corrected chi connectivity index (χ2v) is 6.43. The highest BCUT2D eigenvalue weighted by atomic mass is 32.2. The van der Waals surface area contributed by atoms with E-state index in [0.717, 1.165) is 23.3 Å². The van der Waals surface area contributed by atoms with Gasteiger partial charge in [-0.15, -0.1) is 0 Å². The highest BCUT2D eigenvalue weighted by molar-refractivity contribution is 7.84. The third-order valence-corrected chi connectivity index (χ3v) is 4.45. The second kappa shape index (κ2) is 5.67. The number of furan rings is 1. The summed E-state index contributed by atoms with van der Waals surface area (Å²) in [7, 11) is -0.791. The quantitative estimate of drug-likeness (QED) is 0.904. The van der Waals surface area contributed by atoms with Gasteiger partial charge in [-0.05, 0) is 26.0 Å². The van der Waals surface area contributed by atoms with E-state index >= 15 is 0 Å². The molecule has 0 amide bonds. The third-order valence-electron chi connectivity index (χ3n) is 3.15. The van der Waals surface area contributed by atoms with Crippen molar-refractivity contribution >= 4 is 21.8 Å². The Morgan fingerprint density at radius 3 is 2.72 bits per heavy atom. The predicted octanol–water partition coefficient (Wildman–Crippen LogP) is 2.85. The Labute approximate surface area is 110 Å². The molecule has 98 valence electrons. The molecule has 0 saturated carbocycles. The van der Waals surface area contributed by atoms with Gasteiger partial charge in [-0.3, -0.25) is 4.21 Å². The van der Waals surface area contributed by atoms with Gasteiger partial charge >= 0.3 is 0 Å². The van der Waals surface area contributed by atoms with Crippen LogP contribution in [0.3, 0.4) is 0 Å². The minimum atomic E-state index is -0.791. The summed E-state index contributed by atoms with van der Waals surface area (Å²) >= 11 is 0. The number of hydrogen-bond donors (Lipinski definition) is 1. The van der Waals surface area contributed by atoms with Crippen LogP contribution in [0.5, 0.6) is 0 Å². The normalized spacial score (nSPS) is 16.6. The number of hydrogen-bond acceptors (Lipinski definition) is 3. The smallest absolute Gasteiger partial charge is 0.134 e. The van der Waals surface area contributed by atoms with E-state index < -0.39 is 10.8 Å². The van der Waals surface area contributed by atoms with Crippen LogP contribution in [0.15, 0.2) is 34.7 Å². The minimum Gasteiger partial charge on any atom is -0.459 e. The molecule has 0 aliphatic rings. The van der Waals surface area contributed by atoms with Crippen molar-refractivity contribution in [2.45, 2.75) is 25.1 Å². The average molecular weight is 265 g/mol. The molecule has 3 atom stereocenters. The molecule has 1 aromatic carbocycles. The zero-order chi connectivity index (χ0) is 13.1. The average Bonchev–Trinajstić information content (AvgIpc) is 2.79. The number of benzene rings is 1. The number of para-hydroxylation sites is 1. The highest BCUT2D eigenvalue weighted by Crippen LogP contribution is 2.23. The van der Waals surface area contributed by atoms with Crippen LogP contribution >= 0.6 is 0 Å². The lowest BCUT2D eigenvalue weighted by Gasteiger charge is -2.14.